The predicted octanol–water partition coefficient (Wildman–Crippen LogP) is 3.94. The van der Waals surface area contributed by atoms with Crippen LogP contribution in [0, 0.1) is 11.3 Å². The number of anilines is 1. The molecule has 180 valence electrons. The monoisotopic (exact) mass is 469 g/mol. The van der Waals surface area contributed by atoms with E-state index in [1.165, 1.54) is 0 Å². The van der Waals surface area contributed by atoms with Crippen molar-refractivity contribution in [3.63, 3.8) is 0 Å². The first-order valence-electron chi connectivity index (χ1n) is 12.0. The summed E-state index contributed by atoms with van der Waals surface area (Å²) in [4.78, 5) is 19.9. The van der Waals surface area contributed by atoms with Gasteiger partial charge in [0.15, 0.2) is 0 Å². The Morgan fingerprint density at radius 3 is 2.51 bits per heavy atom. The van der Waals surface area contributed by atoms with Crippen molar-refractivity contribution in [1.82, 2.24) is 15.2 Å². The van der Waals surface area contributed by atoms with Crippen molar-refractivity contribution in [2.75, 3.05) is 32.0 Å². The summed E-state index contributed by atoms with van der Waals surface area (Å²) < 4.78 is 6.06. The Morgan fingerprint density at radius 2 is 1.86 bits per heavy atom. The summed E-state index contributed by atoms with van der Waals surface area (Å²) in [5, 5.41) is 15.3. The van der Waals surface area contributed by atoms with Gasteiger partial charge in [0.2, 0.25) is 5.91 Å². The minimum atomic E-state index is -0.522. The minimum Gasteiger partial charge on any atom is -0.489 e. The van der Waals surface area contributed by atoms with Crippen molar-refractivity contribution in [3.05, 3.63) is 89.6 Å². The van der Waals surface area contributed by atoms with E-state index in [2.05, 4.69) is 33.6 Å². The molecule has 3 aromatic rings. The lowest BCUT2D eigenvalue weighted by atomic mass is 10.1. The van der Waals surface area contributed by atoms with Crippen molar-refractivity contribution in [1.29, 1.82) is 5.26 Å². The van der Waals surface area contributed by atoms with Gasteiger partial charge in [-0.3, -0.25) is 4.79 Å². The van der Waals surface area contributed by atoms with Gasteiger partial charge < -0.3 is 20.3 Å². The van der Waals surface area contributed by atoms with E-state index < -0.39 is 6.04 Å². The molecule has 1 aliphatic rings. The van der Waals surface area contributed by atoms with Crippen LogP contribution in [-0.4, -0.2) is 48.6 Å². The van der Waals surface area contributed by atoms with Crippen LogP contribution < -0.4 is 15.4 Å². The fraction of sp³-hybridized carbons (Fsp3) is 0.321. The van der Waals surface area contributed by atoms with Gasteiger partial charge in [-0.05, 0) is 61.7 Å². The molecule has 1 fully saturated rings. The molecule has 0 spiro atoms. The Balaban J connectivity index is 1.35. The van der Waals surface area contributed by atoms with Gasteiger partial charge in [0.25, 0.3) is 0 Å². The van der Waals surface area contributed by atoms with Crippen molar-refractivity contribution in [2.24, 2.45) is 0 Å². The number of nitriles is 1. The second-order valence-corrected chi connectivity index (χ2v) is 8.85. The maximum absolute atomic E-state index is 13.2. The Morgan fingerprint density at radius 1 is 1.11 bits per heavy atom. The molecule has 0 saturated carbocycles. The highest BCUT2D eigenvalue weighted by molar-refractivity contribution is 5.94. The normalized spacial score (nSPS) is 15.2. The quantitative estimate of drug-likeness (QED) is 0.493. The Labute approximate surface area is 206 Å². The van der Waals surface area contributed by atoms with E-state index in [0.717, 1.165) is 49.2 Å². The zero-order chi connectivity index (χ0) is 24.5. The highest BCUT2D eigenvalue weighted by atomic mass is 16.5. The lowest BCUT2D eigenvalue weighted by Crippen LogP contribution is -2.35. The van der Waals surface area contributed by atoms with Gasteiger partial charge in [-0.2, -0.15) is 5.26 Å². The van der Waals surface area contributed by atoms with Gasteiger partial charge in [-0.15, -0.1) is 0 Å². The first kappa shape index (κ1) is 24.4. The number of carbonyl (C=O) groups is 1. The van der Waals surface area contributed by atoms with Gasteiger partial charge in [0.1, 0.15) is 23.7 Å². The van der Waals surface area contributed by atoms with Crippen molar-refractivity contribution < 1.29 is 9.53 Å². The molecule has 7 nitrogen and oxygen atoms in total. The molecule has 1 unspecified atom stereocenters. The average Bonchev–Trinajstić information content (AvgIpc) is 2.90. The second kappa shape index (κ2) is 12.1. The fourth-order valence-electron chi connectivity index (χ4n) is 4.13. The third-order valence-corrected chi connectivity index (χ3v) is 6.20. The van der Waals surface area contributed by atoms with E-state index >= 15 is 0 Å². The first-order chi connectivity index (χ1) is 17.1. The number of carbonyl (C=O) groups excluding carboxylic acids is 1. The SMILES string of the molecule is CN1CCC(Oc2ccc(NC(=O)C(NCCc3ccc(C#N)cc3)c3ccccc3)nc2)CC1. The maximum Gasteiger partial charge on any atom is 0.247 e. The largest absolute Gasteiger partial charge is 0.489 e. The number of nitrogens with zero attached hydrogens (tertiary/aromatic N) is 3. The average molecular weight is 470 g/mol. The molecule has 35 heavy (non-hydrogen) atoms. The lowest BCUT2D eigenvalue weighted by Gasteiger charge is -2.29. The van der Waals surface area contributed by atoms with Gasteiger partial charge in [-0.1, -0.05) is 42.5 Å². The van der Waals surface area contributed by atoms with E-state index in [-0.39, 0.29) is 12.0 Å². The molecule has 1 amide bonds. The molecule has 0 radical (unpaired) electrons. The number of ether oxygens (including phenoxy) is 1. The molecule has 2 heterocycles. The number of amides is 1. The van der Waals surface area contributed by atoms with Gasteiger partial charge >= 0.3 is 0 Å². The molecule has 2 aromatic carbocycles. The van der Waals surface area contributed by atoms with Crippen LogP contribution in [0.5, 0.6) is 5.75 Å². The number of pyridine rings is 1. The molecule has 7 heteroatoms. The maximum atomic E-state index is 13.2. The molecule has 1 aliphatic heterocycles. The highest BCUT2D eigenvalue weighted by Crippen LogP contribution is 2.20. The molecule has 1 saturated heterocycles. The van der Waals surface area contributed by atoms with Crippen LogP contribution in [0.1, 0.15) is 35.6 Å². The van der Waals surface area contributed by atoms with Crippen LogP contribution in [0.25, 0.3) is 0 Å². The number of aromatic nitrogens is 1. The van der Waals surface area contributed by atoms with Crippen molar-refractivity contribution >= 4 is 11.7 Å². The molecule has 1 atom stereocenters. The number of rotatable bonds is 9. The van der Waals surface area contributed by atoms with Crippen LogP contribution in [0.2, 0.25) is 0 Å². The van der Waals surface area contributed by atoms with Crippen LogP contribution in [0.15, 0.2) is 72.9 Å². The Kier molecular flexibility index (Phi) is 8.44. The molecular formula is C28H31N5O2. The predicted molar refractivity (Wildman–Crippen MR) is 136 cm³/mol. The van der Waals surface area contributed by atoms with E-state index in [9.17, 15) is 4.79 Å². The summed E-state index contributed by atoms with van der Waals surface area (Å²) in [6.07, 6.45) is 4.62. The van der Waals surface area contributed by atoms with Crippen LogP contribution >= 0.6 is 0 Å². The molecular weight excluding hydrogens is 438 g/mol. The summed E-state index contributed by atoms with van der Waals surface area (Å²) in [7, 11) is 2.12. The third-order valence-electron chi connectivity index (χ3n) is 6.20. The van der Waals surface area contributed by atoms with E-state index in [1.807, 2.05) is 60.7 Å². The number of piperidine rings is 1. The smallest absolute Gasteiger partial charge is 0.247 e. The number of likely N-dealkylation sites (tertiary alicyclic amines) is 1. The summed E-state index contributed by atoms with van der Waals surface area (Å²) in [5.74, 6) is 1.03. The Bertz CT molecular complexity index is 1120. The zero-order valence-corrected chi connectivity index (χ0v) is 20.0. The van der Waals surface area contributed by atoms with E-state index in [1.54, 1.807) is 12.3 Å². The number of nitrogens with one attached hydrogen (secondary N) is 2. The Hall–Kier alpha value is -3.73. The minimum absolute atomic E-state index is 0.174. The standard InChI is InChI=1S/C28H31N5O2/c1-33-17-14-24(15-18-33)35-25-11-12-26(31-20-25)32-28(34)27(23-5-3-2-4-6-23)30-16-13-21-7-9-22(19-29)10-8-21/h2-12,20,24,27,30H,13-18H2,1H3,(H,31,32,34). The van der Waals surface area contributed by atoms with E-state index in [0.29, 0.717) is 17.9 Å². The van der Waals surface area contributed by atoms with Gasteiger partial charge in [-0.25, -0.2) is 4.98 Å². The first-order valence-corrected chi connectivity index (χ1v) is 12.0. The molecule has 4 rings (SSSR count). The van der Waals surface area contributed by atoms with Crippen LogP contribution in [-0.2, 0) is 11.2 Å². The number of benzene rings is 2. The summed E-state index contributed by atoms with van der Waals surface area (Å²) in [6, 6.07) is 22.4. The van der Waals surface area contributed by atoms with Gasteiger partial charge in [0, 0.05) is 19.6 Å². The summed E-state index contributed by atoms with van der Waals surface area (Å²) in [5.41, 5.74) is 2.62. The summed E-state index contributed by atoms with van der Waals surface area (Å²) in [6.45, 7) is 2.67. The van der Waals surface area contributed by atoms with Crippen LogP contribution in [0.4, 0.5) is 5.82 Å². The molecule has 1 aromatic heterocycles. The zero-order valence-electron chi connectivity index (χ0n) is 20.0. The second-order valence-electron chi connectivity index (χ2n) is 8.85. The lowest BCUT2D eigenvalue weighted by molar-refractivity contribution is -0.118. The molecule has 0 bridgehead atoms. The van der Waals surface area contributed by atoms with Crippen LogP contribution in [0.3, 0.4) is 0 Å². The topological polar surface area (TPSA) is 90.3 Å². The fourth-order valence-corrected chi connectivity index (χ4v) is 4.13. The number of hydrogen-bond acceptors (Lipinski definition) is 6. The van der Waals surface area contributed by atoms with E-state index in [4.69, 9.17) is 10.00 Å². The third kappa shape index (κ3) is 7.12. The van der Waals surface area contributed by atoms with Crippen molar-refractivity contribution in [3.8, 4) is 11.8 Å². The highest BCUT2D eigenvalue weighted by Gasteiger charge is 2.21. The molecule has 0 aliphatic carbocycles. The summed E-state index contributed by atoms with van der Waals surface area (Å²) >= 11 is 0. The number of hydrogen-bond donors (Lipinski definition) is 2. The molecule has 2 N–H and O–H groups in total. The van der Waals surface area contributed by atoms with Crippen molar-refractivity contribution in [2.45, 2.75) is 31.4 Å². The van der Waals surface area contributed by atoms with Gasteiger partial charge in [0.05, 0.1) is 17.8 Å².